The van der Waals surface area contributed by atoms with Gasteiger partial charge in [0.2, 0.25) is 0 Å². The Morgan fingerprint density at radius 1 is 1.00 bits per heavy atom. The molecule has 3 unspecified atom stereocenters. The summed E-state index contributed by atoms with van der Waals surface area (Å²) in [5.41, 5.74) is 7.47. The van der Waals surface area contributed by atoms with Crippen molar-refractivity contribution in [3.63, 3.8) is 0 Å². The zero-order valence-electron chi connectivity index (χ0n) is 29.7. The van der Waals surface area contributed by atoms with Crippen LogP contribution in [0.4, 0.5) is 0 Å². The Balaban J connectivity index is 1.82. The topological polar surface area (TPSA) is 57.7 Å². The standard InChI is InChI=1S/C38H57NO4Si/c1-23(2)31-29-30(38(20-14-15-21-38)42-33(29)25-16-18-26(19-17-25)35(4,5)6)28-27(43-44(12,13)36(7,8)9)22-37(10,11)34(32(28)39-31)41-24(3)40/h16-19,23,27,33-34H,14-15,20-22H2,1-13H3. The van der Waals surface area contributed by atoms with Crippen LogP contribution in [-0.4, -0.2) is 19.3 Å². The first-order chi connectivity index (χ1) is 20.2. The van der Waals surface area contributed by atoms with Crippen LogP contribution < -0.4 is 0 Å². The van der Waals surface area contributed by atoms with Crippen molar-refractivity contribution in [3.8, 4) is 0 Å². The normalized spacial score (nSPS) is 24.5. The van der Waals surface area contributed by atoms with Gasteiger partial charge in [0.25, 0.3) is 0 Å². The van der Waals surface area contributed by atoms with Gasteiger partial charge in [0.15, 0.2) is 8.32 Å². The van der Waals surface area contributed by atoms with Gasteiger partial charge in [0.1, 0.15) is 12.2 Å². The van der Waals surface area contributed by atoms with Crippen molar-refractivity contribution in [1.82, 2.24) is 4.98 Å². The van der Waals surface area contributed by atoms with Crippen LogP contribution in [-0.2, 0) is 29.7 Å². The zero-order valence-corrected chi connectivity index (χ0v) is 30.7. The maximum atomic E-state index is 12.6. The number of rotatable bonds is 5. The third-order valence-electron chi connectivity index (χ3n) is 10.9. The van der Waals surface area contributed by atoms with Crippen LogP contribution in [0.5, 0.6) is 0 Å². The molecule has 0 bridgehead atoms. The molecule has 0 N–H and O–H groups in total. The molecule has 242 valence electrons. The number of aromatic nitrogens is 1. The Morgan fingerprint density at radius 2 is 1.59 bits per heavy atom. The average molecular weight is 620 g/mol. The molecule has 3 atom stereocenters. The van der Waals surface area contributed by atoms with Gasteiger partial charge in [-0.25, -0.2) is 0 Å². The zero-order chi connectivity index (χ0) is 32.6. The van der Waals surface area contributed by atoms with E-state index in [4.69, 9.17) is 18.9 Å². The molecular weight excluding hydrogens is 563 g/mol. The minimum atomic E-state index is -2.18. The van der Waals surface area contributed by atoms with E-state index in [0.29, 0.717) is 0 Å². The van der Waals surface area contributed by atoms with Crippen molar-refractivity contribution in [1.29, 1.82) is 0 Å². The lowest BCUT2D eigenvalue weighted by atomic mass is 9.68. The highest BCUT2D eigenvalue weighted by atomic mass is 28.4. The van der Waals surface area contributed by atoms with E-state index >= 15 is 0 Å². The number of nitrogens with zero attached hydrogens (tertiary/aromatic N) is 1. The summed E-state index contributed by atoms with van der Waals surface area (Å²) in [7, 11) is -2.18. The Kier molecular flexibility index (Phi) is 8.38. The van der Waals surface area contributed by atoms with Crippen molar-refractivity contribution >= 4 is 14.3 Å². The molecule has 2 heterocycles. The third-order valence-corrected chi connectivity index (χ3v) is 15.4. The molecular formula is C38H57NO4Si. The van der Waals surface area contributed by atoms with Gasteiger partial charge in [0, 0.05) is 29.2 Å². The molecule has 1 saturated carbocycles. The summed E-state index contributed by atoms with van der Waals surface area (Å²) in [6.07, 6.45) is 4.23. The van der Waals surface area contributed by atoms with Crippen molar-refractivity contribution in [2.24, 2.45) is 5.41 Å². The summed E-state index contributed by atoms with van der Waals surface area (Å²) in [6, 6.07) is 9.06. The molecule has 1 fully saturated rings. The monoisotopic (exact) mass is 619 g/mol. The van der Waals surface area contributed by atoms with Gasteiger partial charge in [-0.05, 0) is 65.4 Å². The quantitative estimate of drug-likeness (QED) is 0.246. The molecule has 0 saturated heterocycles. The Bertz CT molecular complexity index is 1400. The van der Waals surface area contributed by atoms with E-state index < -0.39 is 20.0 Å². The second-order valence-corrected chi connectivity index (χ2v) is 22.1. The van der Waals surface area contributed by atoms with Gasteiger partial charge in [-0.3, -0.25) is 9.78 Å². The number of carbonyl (C=O) groups is 1. The van der Waals surface area contributed by atoms with Crippen LogP contribution in [0.3, 0.4) is 0 Å². The SMILES string of the molecule is CC(=O)OC1c2nc(C(C)C)c3c(c2C(O[Si](C)(C)C(C)(C)C)CC1(C)C)C1(CCCC1)OC3c1ccc(C(C)(C)C)cc1. The van der Waals surface area contributed by atoms with Crippen molar-refractivity contribution < 1.29 is 18.7 Å². The molecule has 5 rings (SSSR count). The smallest absolute Gasteiger partial charge is 0.303 e. The van der Waals surface area contributed by atoms with Gasteiger partial charge in [-0.1, -0.05) is 106 Å². The highest BCUT2D eigenvalue weighted by molar-refractivity contribution is 6.74. The van der Waals surface area contributed by atoms with E-state index in [2.05, 4.69) is 107 Å². The molecule has 44 heavy (non-hydrogen) atoms. The van der Waals surface area contributed by atoms with Gasteiger partial charge in [-0.2, -0.15) is 0 Å². The van der Waals surface area contributed by atoms with Crippen LogP contribution in [0.25, 0.3) is 0 Å². The van der Waals surface area contributed by atoms with E-state index in [-0.39, 0.29) is 40.0 Å². The molecule has 0 amide bonds. The Morgan fingerprint density at radius 3 is 2.09 bits per heavy atom. The average Bonchev–Trinajstić information content (AvgIpc) is 3.49. The summed E-state index contributed by atoms with van der Waals surface area (Å²) in [4.78, 5) is 18.1. The van der Waals surface area contributed by atoms with Crippen LogP contribution >= 0.6 is 0 Å². The lowest BCUT2D eigenvalue weighted by molar-refractivity contribution is -0.156. The van der Waals surface area contributed by atoms with E-state index in [9.17, 15) is 4.79 Å². The number of hydrogen-bond acceptors (Lipinski definition) is 5. The maximum absolute atomic E-state index is 12.6. The minimum Gasteiger partial charge on any atom is -0.455 e. The predicted octanol–water partition coefficient (Wildman–Crippen LogP) is 10.5. The van der Waals surface area contributed by atoms with Crippen molar-refractivity contribution in [3.05, 3.63) is 63.5 Å². The Labute approximate surface area is 268 Å². The highest BCUT2D eigenvalue weighted by Crippen LogP contribution is 2.62. The second kappa shape index (κ2) is 11.1. The molecule has 1 spiro atoms. The van der Waals surface area contributed by atoms with E-state index in [1.165, 1.54) is 29.2 Å². The summed E-state index contributed by atoms with van der Waals surface area (Å²) >= 11 is 0. The summed E-state index contributed by atoms with van der Waals surface area (Å²) < 4.78 is 20.9. The number of fused-ring (bicyclic) bond motifs is 4. The van der Waals surface area contributed by atoms with Gasteiger partial charge in [-0.15, -0.1) is 0 Å². The molecule has 2 aliphatic carbocycles. The number of hydrogen-bond donors (Lipinski definition) is 0. The first-order valence-electron chi connectivity index (χ1n) is 16.9. The Hall–Kier alpha value is -2.02. The minimum absolute atomic E-state index is 0.0530. The van der Waals surface area contributed by atoms with E-state index in [0.717, 1.165) is 49.1 Å². The largest absolute Gasteiger partial charge is 0.455 e. The van der Waals surface area contributed by atoms with E-state index in [1.54, 1.807) is 0 Å². The summed E-state index contributed by atoms with van der Waals surface area (Å²) in [5, 5.41) is 0.0530. The number of pyridine rings is 1. The third kappa shape index (κ3) is 5.73. The first kappa shape index (κ1) is 33.3. The number of ether oxygens (including phenoxy) is 2. The van der Waals surface area contributed by atoms with Gasteiger partial charge in [0.05, 0.1) is 17.4 Å². The fourth-order valence-electron chi connectivity index (χ4n) is 7.49. The van der Waals surface area contributed by atoms with Crippen LogP contribution in [0.2, 0.25) is 18.1 Å². The number of benzene rings is 1. The highest BCUT2D eigenvalue weighted by Gasteiger charge is 2.56. The number of esters is 1. The molecule has 5 nitrogen and oxygen atoms in total. The maximum Gasteiger partial charge on any atom is 0.303 e. The molecule has 2 aromatic rings. The molecule has 1 aromatic carbocycles. The van der Waals surface area contributed by atoms with Crippen molar-refractivity contribution in [2.45, 2.75) is 162 Å². The van der Waals surface area contributed by atoms with Crippen LogP contribution in [0, 0.1) is 5.41 Å². The van der Waals surface area contributed by atoms with Gasteiger partial charge < -0.3 is 13.9 Å². The van der Waals surface area contributed by atoms with Gasteiger partial charge >= 0.3 is 5.97 Å². The molecule has 1 aliphatic heterocycles. The lowest BCUT2D eigenvalue weighted by Gasteiger charge is -2.48. The molecule has 0 radical (unpaired) electrons. The second-order valence-electron chi connectivity index (χ2n) is 17.4. The fourth-order valence-corrected chi connectivity index (χ4v) is 8.76. The van der Waals surface area contributed by atoms with E-state index in [1.807, 2.05) is 0 Å². The molecule has 3 aliphatic rings. The fraction of sp³-hybridized carbons (Fsp3) is 0.684. The molecule has 6 heteroatoms. The van der Waals surface area contributed by atoms with Crippen molar-refractivity contribution in [2.75, 3.05) is 0 Å². The lowest BCUT2D eigenvalue weighted by Crippen LogP contribution is -2.45. The van der Waals surface area contributed by atoms with Crippen LogP contribution in [0.1, 0.15) is 172 Å². The first-order valence-corrected chi connectivity index (χ1v) is 19.8. The summed E-state index contributed by atoms with van der Waals surface area (Å²) in [6.45, 7) is 28.8. The number of carbonyl (C=O) groups excluding carboxylic acids is 1. The predicted molar refractivity (Wildman–Crippen MR) is 180 cm³/mol. The van der Waals surface area contributed by atoms with Crippen LogP contribution in [0.15, 0.2) is 24.3 Å². The molecule has 1 aromatic heterocycles. The summed E-state index contributed by atoms with van der Waals surface area (Å²) in [5.74, 6) is -0.0943.